The average molecular weight is 317 g/mol. The van der Waals surface area contributed by atoms with Gasteiger partial charge in [-0.25, -0.2) is 18.1 Å². The van der Waals surface area contributed by atoms with Gasteiger partial charge in [0.1, 0.15) is 0 Å². The summed E-state index contributed by atoms with van der Waals surface area (Å²) < 4.78 is 26.7. The number of aromatic nitrogens is 1. The van der Waals surface area contributed by atoms with Crippen molar-refractivity contribution in [2.24, 2.45) is 0 Å². The van der Waals surface area contributed by atoms with Crippen molar-refractivity contribution in [1.82, 2.24) is 15.0 Å². The van der Waals surface area contributed by atoms with Crippen LogP contribution in [0.5, 0.6) is 0 Å². The second-order valence-corrected chi connectivity index (χ2v) is 7.39. The standard InChI is InChI=1S/C11H15N3O2S3/c1-12-5-10-4-11(7-18-10)19(15,16)14-3-2-9-6-17-8-13-9/h4,6-8,12,14H,2-3,5H2,1H3. The van der Waals surface area contributed by atoms with Gasteiger partial charge < -0.3 is 5.32 Å². The predicted octanol–water partition coefficient (Wildman–Crippen LogP) is 1.44. The van der Waals surface area contributed by atoms with Crippen molar-refractivity contribution in [2.75, 3.05) is 13.6 Å². The first-order chi connectivity index (χ1) is 9.12. The lowest BCUT2D eigenvalue weighted by Gasteiger charge is -2.03. The lowest BCUT2D eigenvalue weighted by atomic mass is 10.3. The number of hydrogen-bond donors (Lipinski definition) is 2. The van der Waals surface area contributed by atoms with Crippen molar-refractivity contribution in [3.63, 3.8) is 0 Å². The maximum atomic E-state index is 12.0. The molecule has 2 heterocycles. The van der Waals surface area contributed by atoms with Crippen LogP contribution < -0.4 is 10.0 Å². The first-order valence-electron chi connectivity index (χ1n) is 5.70. The van der Waals surface area contributed by atoms with Crippen LogP contribution in [0, 0.1) is 0 Å². The fourth-order valence-corrected chi connectivity index (χ4v) is 4.44. The predicted molar refractivity (Wildman–Crippen MR) is 78.1 cm³/mol. The van der Waals surface area contributed by atoms with E-state index in [4.69, 9.17) is 0 Å². The molecular weight excluding hydrogens is 302 g/mol. The summed E-state index contributed by atoms with van der Waals surface area (Å²) in [5, 5.41) is 6.58. The molecule has 0 spiro atoms. The van der Waals surface area contributed by atoms with E-state index in [0.717, 1.165) is 10.6 Å². The molecule has 0 aliphatic carbocycles. The first kappa shape index (κ1) is 14.6. The largest absolute Gasteiger partial charge is 0.315 e. The van der Waals surface area contributed by atoms with E-state index < -0.39 is 10.0 Å². The van der Waals surface area contributed by atoms with Gasteiger partial charge >= 0.3 is 0 Å². The number of nitrogens with zero attached hydrogens (tertiary/aromatic N) is 1. The van der Waals surface area contributed by atoms with E-state index in [2.05, 4.69) is 15.0 Å². The molecular formula is C11H15N3O2S3. The normalized spacial score (nSPS) is 11.8. The minimum atomic E-state index is -3.40. The lowest BCUT2D eigenvalue weighted by molar-refractivity contribution is 0.581. The molecule has 5 nitrogen and oxygen atoms in total. The topological polar surface area (TPSA) is 71.1 Å². The molecule has 0 aromatic carbocycles. The highest BCUT2D eigenvalue weighted by molar-refractivity contribution is 7.89. The second kappa shape index (κ2) is 6.58. The number of hydrogen-bond acceptors (Lipinski definition) is 6. The van der Waals surface area contributed by atoms with Gasteiger partial charge in [-0.3, -0.25) is 0 Å². The van der Waals surface area contributed by atoms with Gasteiger partial charge in [0.05, 0.1) is 16.1 Å². The minimum Gasteiger partial charge on any atom is -0.315 e. The van der Waals surface area contributed by atoms with Crippen LogP contribution in [-0.4, -0.2) is 27.0 Å². The van der Waals surface area contributed by atoms with Crippen molar-refractivity contribution in [2.45, 2.75) is 17.9 Å². The van der Waals surface area contributed by atoms with Gasteiger partial charge in [-0.2, -0.15) is 0 Å². The van der Waals surface area contributed by atoms with Gasteiger partial charge in [-0.1, -0.05) is 0 Å². The molecule has 0 saturated carbocycles. The third-order valence-electron chi connectivity index (χ3n) is 2.45. The molecule has 2 N–H and O–H groups in total. The molecule has 0 aliphatic heterocycles. The highest BCUT2D eigenvalue weighted by atomic mass is 32.2. The van der Waals surface area contributed by atoms with Crippen LogP contribution in [0.4, 0.5) is 0 Å². The third kappa shape index (κ3) is 4.08. The number of nitrogens with one attached hydrogen (secondary N) is 2. The number of thiophene rings is 1. The molecule has 2 aromatic heterocycles. The molecule has 0 amide bonds. The Labute approximate surface area is 120 Å². The molecule has 0 atom stereocenters. The van der Waals surface area contributed by atoms with E-state index in [-0.39, 0.29) is 0 Å². The zero-order chi connectivity index (χ0) is 13.7. The fourth-order valence-electron chi connectivity index (χ4n) is 1.53. The van der Waals surface area contributed by atoms with Crippen molar-refractivity contribution in [3.8, 4) is 0 Å². The van der Waals surface area contributed by atoms with Gasteiger partial charge in [0.2, 0.25) is 10.0 Å². The summed E-state index contributed by atoms with van der Waals surface area (Å²) >= 11 is 2.95. The molecule has 0 unspecified atom stereocenters. The zero-order valence-corrected chi connectivity index (χ0v) is 12.9. The van der Waals surface area contributed by atoms with Crippen LogP contribution in [0.1, 0.15) is 10.6 Å². The smallest absolute Gasteiger partial charge is 0.241 e. The van der Waals surface area contributed by atoms with Gasteiger partial charge in [-0.15, -0.1) is 22.7 Å². The maximum absolute atomic E-state index is 12.0. The molecule has 2 aromatic rings. The Kier molecular flexibility index (Phi) is 5.06. The highest BCUT2D eigenvalue weighted by Crippen LogP contribution is 2.18. The van der Waals surface area contributed by atoms with Crippen LogP contribution in [-0.2, 0) is 23.0 Å². The Morgan fingerprint density at radius 3 is 2.89 bits per heavy atom. The van der Waals surface area contributed by atoms with Crippen molar-refractivity contribution in [3.05, 3.63) is 32.9 Å². The molecule has 0 aliphatic rings. The van der Waals surface area contributed by atoms with Crippen LogP contribution in [0.3, 0.4) is 0 Å². The summed E-state index contributed by atoms with van der Waals surface area (Å²) in [6, 6.07) is 1.70. The number of thiazole rings is 1. The number of rotatable bonds is 7. The quantitative estimate of drug-likeness (QED) is 0.811. The molecule has 2 rings (SSSR count). The van der Waals surface area contributed by atoms with Gasteiger partial charge in [0.25, 0.3) is 0 Å². The van der Waals surface area contributed by atoms with E-state index in [1.807, 2.05) is 12.4 Å². The second-order valence-electron chi connectivity index (χ2n) is 3.91. The van der Waals surface area contributed by atoms with E-state index in [0.29, 0.717) is 24.4 Å². The molecule has 0 bridgehead atoms. The summed E-state index contributed by atoms with van der Waals surface area (Å²) in [4.78, 5) is 5.45. The van der Waals surface area contributed by atoms with E-state index in [9.17, 15) is 8.42 Å². The lowest BCUT2D eigenvalue weighted by Crippen LogP contribution is -2.25. The SMILES string of the molecule is CNCc1cc(S(=O)(=O)NCCc2cscn2)cs1. The molecule has 0 radical (unpaired) electrons. The third-order valence-corrected chi connectivity index (χ3v) is 5.61. The van der Waals surface area contributed by atoms with Crippen molar-refractivity contribution in [1.29, 1.82) is 0 Å². The fraction of sp³-hybridized carbons (Fsp3) is 0.364. The van der Waals surface area contributed by atoms with Crippen LogP contribution >= 0.6 is 22.7 Å². The summed E-state index contributed by atoms with van der Waals surface area (Å²) in [6.45, 7) is 1.04. The molecule has 19 heavy (non-hydrogen) atoms. The Balaban J connectivity index is 1.93. The van der Waals surface area contributed by atoms with Crippen LogP contribution in [0.25, 0.3) is 0 Å². The zero-order valence-electron chi connectivity index (χ0n) is 10.4. The number of sulfonamides is 1. The average Bonchev–Trinajstić information content (AvgIpc) is 3.00. The maximum Gasteiger partial charge on any atom is 0.241 e. The minimum absolute atomic E-state index is 0.334. The van der Waals surface area contributed by atoms with Gasteiger partial charge in [0, 0.05) is 35.1 Å². The van der Waals surface area contributed by atoms with Gasteiger partial charge in [0.15, 0.2) is 0 Å². The summed E-state index contributed by atoms with van der Waals surface area (Å²) in [7, 11) is -1.57. The highest BCUT2D eigenvalue weighted by Gasteiger charge is 2.15. The molecule has 8 heteroatoms. The Morgan fingerprint density at radius 1 is 1.37 bits per heavy atom. The first-order valence-corrected chi connectivity index (χ1v) is 9.01. The Morgan fingerprint density at radius 2 is 2.21 bits per heavy atom. The summed E-state index contributed by atoms with van der Waals surface area (Å²) in [5.74, 6) is 0. The van der Waals surface area contributed by atoms with Crippen LogP contribution in [0.2, 0.25) is 0 Å². The van der Waals surface area contributed by atoms with E-state index >= 15 is 0 Å². The molecule has 0 saturated heterocycles. The van der Waals surface area contributed by atoms with E-state index in [1.165, 1.54) is 22.7 Å². The van der Waals surface area contributed by atoms with Gasteiger partial charge in [-0.05, 0) is 13.1 Å². The van der Waals surface area contributed by atoms with E-state index in [1.54, 1.807) is 17.0 Å². The summed E-state index contributed by atoms with van der Waals surface area (Å²) in [5.41, 5.74) is 2.65. The summed E-state index contributed by atoms with van der Waals surface area (Å²) in [6.07, 6.45) is 0.607. The van der Waals surface area contributed by atoms with Crippen molar-refractivity contribution < 1.29 is 8.42 Å². The Hall–Kier alpha value is -0.800. The monoisotopic (exact) mass is 317 g/mol. The molecule has 104 valence electrons. The van der Waals surface area contributed by atoms with Crippen LogP contribution in [0.15, 0.2) is 27.2 Å². The molecule has 0 fully saturated rings. The Bertz CT molecular complexity index is 605. The van der Waals surface area contributed by atoms with Crippen molar-refractivity contribution >= 4 is 32.7 Å².